The molecule has 0 aromatic heterocycles. The fourth-order valence-electron chi connectivity index (χ4n) is 1.58. The van der Waals surface area contributed by atoms with Crippen LogP contribution in [-0.2, 0) is 9.68 Å². The quantitative estimate of drug-likeness (QED) is 0.512. The molecule has 0 fully saturated rings. The topological polar surface area (TPSA) is 88.1 Å². The van der Waals surface area contributed by atoms with Crippen molar-refractivity contribution in [1.82, 2.24) is 10.5 Å². The minimum atomic E-state index is -1.25. The predicted octanol–water partition coefficient (Wildman–Crippen LogP) is 4.70. The molecule has 7 nitrogen and oxygen atoms in total. The van der Waals surface area contributed by atoms with Crippen molar-refractivity contribution < 1.29 is 33.2 Å². The lowest BCUT2D eigenvalue weighted by molar-refractivity contribution is -0.0759. The van der Waals surface area contributed by atoms with E-state index in [2.05, 4.69) is 47.0 Å². The third-order valence-electron chi connectivity index (χ3n) is 3.09. The number of carboxylic acid groups (broad SMARTS) is 1. The Bertz CT molecular complexity index is 829. The van der Waals surface area contributed by atoms with Crippen LogP contribution in [0.25, 0.3) is 0 Å². The van der Waals surface area contributed by atoms with Crippen molar-refractivity contribution >= 4 is 56.1 Å². The van der Waals surface area contributed by atoms with Gasteiger partial charge in [0.05, 0.1) is 25.3 Å². The van der Waals surface area contributed by atoms with Gasteiger partial charge in [0.1, 0.15) is 11.6 Å². The summed E-state index contributed by atoms with van der Waals surface area (Å²) in [5.41, 5.74) is 2.10. The third-order valence-corrected chi connectivity index (χ3v) is 4.07. The van der Waals surface area contributed by atoms with Crippen molar-refractivity contribution in [1.29, 1.82) is 0 Å². The van der Waals surface area contributed by atoms with Crippen molar-refractivity contribution in [3.63, 3.8) is 0 Å². The maximum atomic E-state index is 13.3. The van der Waals surface area contributed by atoms with Gasteiger partial charge in [-0.2, -0.15) is 0 Å². The molecule has 2 rings (SSSR count). The third kappa shape index (κ3) is 11.0. The summed E-state index contributed by atoms with van der Waals surface area (Å²) in [7, 11) is 6.04. The molecule has 0 aliphatic carbocycles. The SMILES string of the molecule is CNOC.CON(C)C(=O)c1ccc(Br)cc1F.Cl.O=C(O)c1ccc(Br)cc1F. The molecule has 0 unspecified atom stereocenters. The highest BCUT2D eigenvalue weighted by Gasteiger charge is 2.15. The molecule has 0 saturated heterocycles. The van der Waals surface area contributed by atoms with E-state index in [-0.39, 0.29) is 23.5 Å². The van der Waals surface area contributed by atoms with Gasteiger partial charge in [0.15, 0.2) is 0 Å². The van der Waals surface area contributed by atoms with Crippen LogP contribution in [0.4, 0.5) is 8.78 Å². The fraction of sp³-hybridized carbons (Fsp3) is 0.222. The summed E-state index contributed by atoms with van der Waals surface area (Å²) in [5.74, 6) is -3.08. The highest BCUT2D eigenvalue weighted by molar-refractivity contribution is 9.10. The Labute approximate surface area is 195 Å². The van der Waals surface area contributed by atoms with Crippen molar-refractivity contribution in [2.45, 2.75) is 0 Å². The summed E-state index contributed by atoms with van der Waals surface area (Å²) < 4.78 is 27.1. The minimum absolute atomic E-state index is 0. The molecule has 0 spiro atoms. The second-order valence-electron chi connectivity index (χ2n) is 4.95. The van der Waals surface area contributed by atoms with Crippen molar-refractivity contribution in [2.24, 2.45) is 0 Å². The van der Waals surface area contributed by atoms with Crippen molar-refractivity contribution in [3.05, 3.63) is 68.1 Å². The first kappa shape index (κ1) is 30.6. The molecule has 0 aliphatic rings. The Morgan fingerprint density at radius 3 is 1.70 bits per heavy atom. The number of nitrogens with one attached hydrogen (secondary N) is 1. The number of hydrogen-bond donors (Lipinski definition) is 2. The Morgan fingerprint density at radius 2 is 1.40 bits per heavy atom. The number of aromatic carboxylic acids is 1. The summed E-state index contributed by atoms with van der Waals surface area (Å²) >= 11 is 6.12. The number of hydroxylamine groups is 3. The van der Waals surface area contributed by atoms with E-state index >= 15 is 0 Å². The van der Waals surface area contributed by atoms with Crippen LogP contribution in [0.5, 0.6) is 0 Å². The van der Waals surface area contributed by atoms with Crippen LogP contribution < -0.4 is 5.48 Å². The van der Waals surface area contributed by atoms with Gasteiger partial charge in [-0.25, -0.2) is 24.1 Å². The lowest BCUT2D eigenvalue weighted by Crippen LogP contribution is -2.26. The highest BCUT2D eigenvalue weighted by atomic mass is 79.9. The number of rotatable bonds is 4. The predicted molar refractivity (Wildman–Crippen MR) is 118 cm³/mol. The number of halogens is 5. The standard InChI is InChI=1S/C9H9BrFNO2.C7H4BrFO2.C2H7NO.ClH/c1-12(14-2)9(13)7-4-3-6(10)5-8(7)11;8-4-1-2-5(7(10)11)6(9)3-4;1-3-4-2;/h3-5H,1-2H3;1-3H,(H,10,11);3H,1-2H3;1H. The number of hydrogen-bond acceptors (Lipinski definition) is 5. The monoisotopic (exact) mass is 576 g/mol. The fourth-order valence-corrected chi connectivity index (χ4v) is 2.24. The van der Waals surface area contributed by atoms with Crippen LogP contribution in [0, 0.1) is 11.6 Å². The molecule has 12 heteroatoms. The zero-order chi connectivity index (χ0) is 22.6. The van der Waals surface area contributed by atoms with Crippen LogP contribution in [0.15, 0.2) is 45.3 Å². The van der Waals surface area contributed by atoms with E-state index in [1.807, 2.05) is 0 Å². The molecule has 2 N–H and O–H groups in total. The second-order valence-corrected chi connectivity index (χ2v) is 6.78. The first-order valence-electron chi connectivity index (χ1n) is 7.74. The molecule has 0 radical (unpaired) electrons. The Morgan fingerprint density at radius 1 is 1.00 bits per heavy atom. The molecule has 0 atom stereocenters. The molecule has 1 amide bonds. The van der Waals surface area contributed by atoms with Gasteiger partial charge in [-0.05, 0) is 36.4 Å². The molecule has 2 aromatic carbocycles. The summed E-state index contributed by atoms with van der Waals surface area (Å²) in [6, 6.07) is 8.03. The maximum absolute atomic E-state index is 13.3. The zero-order valence-corrected chi connectivity index (χ0v) is 20.4. The average Bonchev–Trinajstić information content (AvgIpc) is 2.67. The Kier molecular flexibility index (Phi) is 16.4. The van der Waals surface area contributed by atoms with E-state index in [0.717, 1.165) is 11.1 Å². The number of amides is 1. The first-order chi connectivity index (χ1) is 13.6. The van der Waals surface area contributed by atoms with Crippen LogP contribution in [0.1, 0.15) is 20.7 Å². The van der Waals surface area contributed by atoms with Gasteiger partial charge in [-0.1, -0.05) is 31.9 Å². The van der Waals surface area contributed by atoms with Gasteiger partial charge < -0.3 is 9.94 Å². The molecule has 0 aliphatic heterocycles. The summed E-state index contributed by atoms with van der Waals surface area (Å²) in [6.07, 6.45) is 0. The summed E-state index contributed by atoms with van der Waals surface area (Å²) in [6.45, 7) is 0. The van der Waals surface area contributed by atoms with Crippen LogP contribution in [-0.4, -0.2) is 50.4 Å². The number of benzene rings is 2. The maximum Gasteiger partial charge on any atom is 0.338 e. The molecular weight excluding hydrogens is 557 g/mol. The number of carboxylic acids is 1. The lowest BCUT2D eigenvalue weighted by atomic mass is 10.2. The van der Waals surface area contributed by atoms with Gasteiger partial charge in [0.2, 0.25) is 0 Å². The van der Waals surface area contributed by atoms with E-state index in [0.29, 0.717) is 8.95 Å². The van der Waals surface area contributed by atoms with E-state index in [9.17, 15) is 18.4 Å². The van der Waals surface area contributed by atoms with Crippen LogP contribution >= 0.6 is 44.3 Å². The van der Waals surface area contributed by atoms with E-state index in [4.69, 9.17) is 5.11 Å². The van der Waals surface area contributed by atoms with E-state index in [1.165, 1.54) is 38.4 Å². The molecule has 0 saturated carbocycles. The minimum Gasteiger partial charge on any atom is -0.478 e. The van der Waals surface area contributed by atoms with Crippen LogP contribution in [0.2, 0.25) is 0 Å². The van der Waals surface area contributed by atoms with Crippen molar-refractivity contribution in [2.75, 3.05) is 28.3 Å². The number of nitrogens with zero attached hydrogens (tertiary/aromatic N) is 1. The van der Waals surface area contributed by atoms with Crippen molar-refractivity contribution in [3.8, 4) is 0 Å². The summed E-state index contributed by atoms with van der Waals surface area (Å²) in [4.78, 5) is 30.7. The van der Waals surface area contributed by atoms with Gasteiger partial charge in [-0.15, -0.1) is 12.4 Å². The van der Waals surface area contributed by atoms with Gasteiger partial charge >= 0.3 is 5.97 Å². The lowest BCUT2D eigenvalue weighted by Gasteiger charge is -2.13. The van der Waals surface area contributed by atoms with Gasteiger partial charge in [0.25, 0.3) is 5.91 Å². The molecule has 30 heavy (non-hydrogen) atoms. The second kappa shape index (κ2) is 16.1. The Balaban J connectivity index is 0. The first-order valence-corrected chi connectivity index (χ1v) is 9.32. The average molecular weight is 579 g/mol. The van der Waals surface area contributed by atoms with Gasteiger partial charge in [-0.3, -0.25) is 9.63 Å². The number of carbonyl (C=O) groups excluding carboxylic acids is 1. The normalized spacial score (nSPS) is 9.20. The molecule has 2 aromatic rings. The van der Waals surface area contributed by atoms with Crippen LogP contribution in [0.3, 0.4) is 0 Å². The van der Waals surface area contributed by atoms with E-state index < -0.39 is 23.5 Å². The largest absolute Gasteiger partial charge is 0.478 e. The molecule has 0 heterocycles. The Hall–Kier alpha value is -1.63. The molecule has 0 bridgehead atoms. The van der Waals surface area contributed by atoms with E-state index in [1.54, 1.807) is 20.2 Å². The zero-order valence-electron chi connectivity index (χ0n) is 16.4. The number of carbonyl (C=O) groups is 2. The molecular formula is C18H21Br2ClF2N2O5. The highest BCUT2D eigenvalue weighted by Crippen LogP contribution is 2.16. The smallest absolute Gasteiger partial charge is 0.338 e. The molecule has 168 valence electrons. The summed E-state index contributed by atoms with van der Waals surface area (Å²) in [5, 5.41) is 9.37. The van der Waals surface area contributed by atoms with Gasteiger partial charge in [0, 0.05) is 23.0 Å².